The van der Waals surface area contributed by atoms with Crippen LogP contribution >= 0.6 is 22.7 Å². The molecule has 1 aliphatic heterocycles. The first-order chi connectivity index (χ1) is 13.6. The first-order valence-electron chi connectivity index (χ1n) is 8.68. The largest absolute Gasteiger partial charge is 0.322 e. The summed E-state index contributed by atoms with van der Waals surface area (Å²) in [6.07, 6.45) is 0.702. The molecule has 2 amide bonds. The van der Waals surface area contributed by atoms with Gasteiger partial charge in [0.1, 0.15) is 5.82 Å². The Hall–Kier alpha value is -2.62. The fraction of sp³-hybridized carbons (Fsp3) is 0.211. The van der Waals surface area contributed by atoms with Crippen LogP contribution in [0.15, 0.2) is 41.8 Å². The summed E-state index contributed by atoms with van der Waals surface area (Å²) < 4.78 is 13.7. The van der Waals surface area contributed by atoms with Crippen LogP contribution in [0.3, 0.4) is 0 Å². The molecule has 2 aromatic heterocycles. The molecule has 3 aromatic rings. The van der Waals surface area contributed by atoms with Gasteiger partial charge >= 0.3 is 0 Å². The minimum Gasteiger partial charge on any atom is -0.322 e. The molecule has 9 heteroatoms. The smallest absolute Gasteiger partial charge is 0.267 e. The Morgan fingerprint density at radius 3 is 2.82 bits per heavy atom. The van der Waals surface area contributed by atoms with Crippen molar-refractivity contribution in [3.63, 3.8) is 0 Å². The molecule has 6 nitrogen and oxygen atoms in total. The van der Waals surface area contributed by atoms with Crippen LogP contribution in [0.25, 0.3) is 0 Å². The zero-order valence-corrected chi connectivity index (χ0v) is 16.4. The number of benzene rings is 1. The van der Waals surface area contributed by atoms with Gasteiger partial charge in [0.05, 0.1) is 22.8 Å². The third kappa shape index (κ3) is 4.27. The highest BCUT2D eigenvalue weighted by molar-refractivity contribution is 7.16. The van der Waals surface area contributed by atoms with Gasteiger partial charge in [-0.25, -0.2) is 9.37 Å². The number of nitrogens with zero attached hydrogens (tertiary/aromatic N) is 2. The Kier molecular flexibility index (Phi) is 5.47. The van der Waals surface area contributed by atoms with Gasteiger partial charge in [-0.15, -0.1) is 22.7 Å². The molecule has 0 aliphatic carbocycles. The second-order valence-corrected chi connectivity index (χ2v) is 8.34. The second-order valence-electron chi connectivity index (χ2n) is 6.31. The third-order valence-corrected chi connectivity index (χ3v) is 6.16. The number of para-hydroxylation sites is 1. The highest BCUT2D eigenvalue weighted by Crippen LogP contribution is 2.29. The zero-order valence-electron chi connectivity index (χ0n) is 14.8. The van der Waals surface area contributed by atoms with Gasteiger partial charge < -0.3 is 5.32 Å². The molecule has 0 fully saturated rings. The molecule has 0 radical (unpaired) electrons. The molecule has 28 heavy (non-hydrogen) atoms. The van der Waals surface area contributed by atoms with Crippen molar-refractivity contribution < 1.29 is 14.0 Å². The Morgan fingerprint density at radius 2 is 2.04 bits per heavy atom. The first-order valence-corrected chi connectivity index (χ1v) is 10.4. The van der Waals surface area contributed by atoms with E-state index < -0.39 is 5.82 Å². The molecule has 4 rings (SSSR count). The van der Waals surface area contributed by atoms with E-state index in [2.05, 4.69) is 15.6 Å². The molecule has 1 aromatic carbocycles. The predicted octanol–water partition coefficient (Wildman–Crippen LogP) is 3.59. The van der Waals surface area contributed by atoms with Gasteiger partial charge in [0.2, 0.25) is 5.91 Å². The van der Waals surface area contributed by atoms with Crippen molar-refractivity contribution in [3.05, 3.63) is 63.0 Å². The molecule has 144 valence electrons. The van der Waals surface area contributed by atoms with E-state index in [9.17, 15) is 14.0 Å². The van der Waals surface area contributed by atoms with E-state index in [0.717, 1.165) is 10.6 Å². The number of nitrogens with one attached hydrogen (secondary N) is 2. The average Bonchev–Trinajstić information content (AvgIpc) is 3.32. The molecule has 0 spiro atoms. The summed E-state index contributed by atoms with van der Waals surface area (Å²) >= 11 is 2.81. The standard InChI is InChI=1S/C19H17FN4O2S2/c20-12-4-1-2-5-13(12)21-17(25)11-24-8-7-14-16(10-24)28-19(22-14)23-18(26)15-6-3-9-27-15/h1-6,9H,7-8,10-11H2,(H,21,25)(H,22,23,26). The summed E-state index contributed by atoms with van der Waals surface area (Å²) in [5.74, 6) is -0.878. The summed E-state index contributed by atoms with van der Waals surface area (Å²) in [6, 6.07) is 9.70. The number of aromatic nitrogens is 1. The van der Waals surface area contributed by atoms with Crippen LogP contribution in [0.5, 0.6) is 0 Å². The first kappa shape index (κ1) is 18.7. The van der Waals surface area contributed by atoms with Crippen molar-refractivity contribution >= 4 is 45.3 Å². The van der Waals surface area contributed by atoms with Gasteiger partial charge in [-0.1, -0.05) is 18.2 Å². The minimum absolute atomic E-state index is 0.165. The SMILES string of the molecule is O=C(CN1CCc2nc(NC(=O)c3cccs3)sc2C1)Nc1ccccc1F. The highest BCUT2D eigenvalue weighted by Gasteiger charge is 2.23. The number of anilines is 2. The lowest BCUT2D eigenvalue weighted by Crippen LogP contribution is -2.36. The van der Waals surface area contributed by atoms with Crippen molar-refractivity contribution in [1.29, 1.82) is 0 Å². The molecule has 3 heterocycles. The predicted molar refractivity (Wildman–Crippen MR) is 108 cm³/mol. The van der Waals surface area contributed by atoms with Crippen LogP contribution in [0.2, 0.25) is 0 Å². The zero-order chi connectivity index (χ0) is 19.5. The van der Waals surface area contributed by atoms with Gasteiger partial charge in [0, 0.05) is 24.4 Å². The van der Waals surface area contributed by atoms with E-state index in [1.165, 1.54) is 34.8 Å². The highest BCUT2D eigenvalue weighted by atomic mass is 32.1. The number of halogens is 1. The third-order valence-electron chi connectivity index (χ3n) is 4.29. The maximum atomic E-state index is 13.7. The number of thiazole rings is 1. The molecule has 1 aliphatic rings. The second kappa shape index (κ2) is 8.17. The van der Waals surface area contributed by atoms with Crippen molar-refractivity contribution in [1.82, 2.24) is 9.88 Å². The van der Waals surface area contributed by atoms with Crippen molar-refractivity contribution in [2.24, 2.45) is 0 Å². The Labute approximate surface area is 169 Å². The van der Waals surface area contributed by atoms with Crippen LogP contribution in [-0.2, 0) is 17.8 Å². The van der Waals surface area contributed by atoms with Crippen molar-refractivity contribution in [2.45, 2.75) is 13.0 Å². The maximum Gasteiger partial charge on any atom is 0.267 e. The topological polar surface area (TPSA) is 74.3 Å². The fourth-order valence-electron chi connectivity index (χ4n) is 2.96. The lowest BCUT2D eigenvalue weighted by atomic mass is 10.2. The van der Waals surface area contributed by atoms with Crippen LogP contribution in [0.4, 0.5) is 15.2 Å². The molecule has 0 saturated carbocycles. The number of carbonyl (C=O) groups excluding carboxylic acids is 2. The molecule has 2 N–H and O–H groups in total. The monoisotopic (exact) mass is 416 g/mol. The Bertz CT molecular complexity index is 1000. The summed E-state index contributed by atoms with van der Waals surface area (Å²) in [4.78, 5) is 32.6. The van der Waals surface area contributed by atoms with Crippen LogP contribution < -0.4 is 10.6 Å². The van der Waals surface area contributed by atoms with E-state index in [0.29, 0.717) is 29.5 Å². The molecule has 0 unspecified atom stereocenters. The minimum atomic E-state index is -0.453. The van der Waals surface area contributed by atoms with Gasteiger partial charge in [0.15, 0.2) is 5.13 Å². The fourth-order valence-corrected chi connectivity index (χ4v) is 4.62. The van der Waals surface area contributed by atoms with E-state index in [-0.39, 0.29) is 24.0 Å². The number of fused-ring (bicyclic) bond motifs is 1. The van der Waals surface area contributed by atoms with Crippen LogP contribution in [0, 0.1) is 5.82 Å². The lowest BCUT2D eigenvalue weighted by Gasteiger charge is -2.25. The van der Waals surface area contributed by atoms with E-state index in [4.69, 9.17) is 0 Å². The number of hydrogen-bond acceptors (Lipinski definition) is 6. The normalized spacial score (nSPS) is 13.8. The summed E-state index contributed by atoms with van der Waals surface area (Å²) in [5.41, 5.74) is 1.14. The maximum absolute atomic E-state index is 13.7. The number of hydrogen-bond donors (Lipinski definition) is 2. The van der Waals surface area contributed by atoms with Crippen LogP contribution in [0.1, 0.15) is 20.2 Å². The number of rotatable bonds is 5. The Morgan fingerprint density at radius 1 is 1.18 bits per heavy atom. The van der Waals surface area contributed by atoms with E-state index >= 15 is 0 Å². The van der Waals surface area contributed by atoms with Crippen LogP contribution in [-0.4, -0.2) is 34.8 Å². The summed E-state index contributed by atoms with van der Waals surface area (Å²) in [5, 5.41) is 7.86. The molecule has 0 atom stereocenters. The Balaban J connectivity index is 1.35. The van der Waals surface area contributed by atoms with E-state index in [1.807, 2.05) is 16.3 Å². The quantitative estimate of drug-likeness (QED) is 0.667. The number of thiophene rings is 1. The summed E-state index contributed by atoms with van der Waals surface area (Å²) in [7, 11) is 0. The van der Waals surface area contributed by atoms with Gasteiger partial charge in [-0.05, 0) is 23.6 Å². The van der Waals surface area contributed by atoms with Gasteiger partial charge in [-0.3, -0.25) is 19.8 Å². The average molecular weight is 417 g/mol. The van der Waals surface area contributed by atoms with Gasteiger partial charge in [0.25, 0.3) is 5.91 Å². The molecular formula is C19H17FN4O2S2. The number of amides is 2. The molecule has 0 saturated heterocycles. The van der Waals surface area contributed by atoms with Crippen molar-refractivity contribution in [3.8, 4) is 0 Å². The molecular weight excluding hydrogens is 399 g/mol. The lowest BCUT2D eigenvalue weighted by molar-refractivity contribution is -0.117. The number of carbonyl (C=O) groups is 2. The van der Waals surface area contributed by atoms with Gasteiger partial charge in [-0.2, -0.15) is 0 Å². The molecule has 0 bridgehead atoms. The summed E-state index contributed by atoms with van der Waals surface area (Å²) in [6.45, 7) is 1.43. The van der Waals surface area contributed by atoms with E-state index in [1.54, 1.807) is 18.2 Å². The van der Waals surface area contributed by atoms with Crippen molar-refractivity contribution in [2.75, 3.05) is 23.7 Å².